The van der Waals surface area contributed by atoms with Crippen molar-refractivity contribution in [1.29, 1.82) is 5.41 Å². The summed E-state index contributed by atoms with van der Waals surface area (Å²) in [6.07, 6.45) is 1.42. The largest absolute Gasteiger partial charge is 0.461 e. The van der Waals surface area contributed by atoms with Gasteiger partial charge in [-0.3, -0.25) is 9.59 Å². The number of nitrogens with zero attached hydrogens (tertiary/aromatic N) is 1. The van der Waals surface area contributed by atoms with Crippen LogP contribution in [0.15, 0.2) is 0 Å². The van der Waals surface area contributed by atoms with Crippen LogP contribution in [0.1, 0.15) is 32.6 Å². The van der Waals surface area contributed by atoms with Gasteiger partial charge >= 0.3 is 5.97 Å². The molecule has 1 rings (SSSR count). The molecule has 8 nitrogen and oxygen atoms in total. The number of methoxy groups -OCH3 is 1. The lowest BCUT2D eigenvalue weighted by atomic mass is 10.1. The van der Waals surface area contributed by atoms with Crippen molar-refractivity contribution in [2.45, 2.75) is 50.9 Å². The summed E-state index contributed by atoms with van der Waals surface area (Å²) in [4.78, 5) is 37.8. The Kier molecular flexibility index (Phi) is 8.56. The van der Waals surface area contributed by atoms with Gasteiger partial charge in [-0.2, -0.15) is 0 Å². The fraction of sp³-hybridized carbons (Fsp3) is 0.750. The number of hydrogen-bond donors (Lipinski definition) is 2. The van der Waals surface area contributed by atoms with Gasteiger partial charge in [0.15, 0.2) is 5.78 Å². The molecular weight excluding hydrogens is 314 g/mol. The predicted molar refractivity (Wildman–Crippen MR) is 88.0 cm³/mol. The Morgan fingerprint density at radius 3 is 2.50 bits per heavy atom. The zero-order chi connectivity index (χ0) is 18.1. The Hall–Kier alpha value is -1.80. The number of esters is 1. The zero-order valence-electron chi connectivity index (χ0n) is 14.5. The molecule has 8 heteroatoms. The van der Waals surface area contributed by atoms with E-state index in [1.807, 2.05) is 7.05 Å². The molecule has 1 fully saturated rings. The molecule has 2 atom stereocenters. The molecule has 1 aliphatic heterocycles. The second kappa shape index (κ2) is 10.1. The Morgan fingerprint density at radius 1 is 1.33 bits per heavy atom. The molecule has 0 aromatic carbocycles. The van der Waals surface area contributed by atoms with E-state index in [1.54, 1.807) is 6.92 Å². The maximum Gasteiger partial charge on any atom is 0.328 e. The highest BCUT2D eigenvalue weighted by Gasteiger charge is 2.28. The van der Waals surface area contributed by atoms with Crippen LogP contribution in [0.5, 0.6) is 0 Å². The van der Waals surface area contributed by atoms with Gasteiger partial charge in [-0.1, -0.05) is 0 Å². The molecule has 0 aromatic rings. The normalized spacial score (nSPS) is 18.5. The molecule has 0 aliphatic carbocycles. The van der Waals surface area contributed by atoms with Crippen molar-refractivity contribution < 1.29 is 23.9 Å². The van der Waals surface area contributed by atoms with Gasteiger partial charge < -0.3 is 25.1 Å². The maximum atomic E-state index is 12.4. The number of carbonyl (C=O) groups excluding carboxylic acids is 3. The first-order chi connectivity index (χ1) is 11.4. The van der Waals surface area contributed by atoms with Crippen LogP contribution in [0.2, 0.25) is 0 Å². The Bertz CT molecular complexity index is 461. The Balaban J connectivity index is 2.63. The van der Waals surface area contributed by atoms with Crippen LogP contribution in [0.3, 0.4) is 0 Å². The summed E-state index contributed by atoms with van der Waals surface area (Å²) >= 11 is 0. The standard InChI is InChI=1S/C16H27N3O5/c1-11(23-3)15(21)18-14(5-4-12(20)10-17)16(22)24-13-6-8-19(2)9-7-13/h10-11,13-14,17H,4-9H2,1-3H3,(H,18,21)/t11-,14+/m1/s1. The average Bonchev–Trinajstić information content (AvgIpc) is 2.58. The van der Waals surface area contributed by atoms with Gasteiger partial charge in [-0.25, -0.2) is 4.79 Å². The minimum absolute atomic E-state index is 0.00167. The number of ketones is 1. The second-order valence-electron chi connectivity index (χ2n) is 6.03. The number of rotatable bonds is 9. The molecule has 1 heterocycles. The molecule has 24 heavy (non-hydrogen) atoms. The number of hydrogen-bond acceptors (Lipinski definition) is 7. The van der Waals surface area contributed by atoms with Gasteiger partial charge in [-0.05, 0) is 33.2 Å². The average molecular weight is 341 g/mol. The first-order valence-corrected chi connectivity index (χ1v) is 8.12. The highest BCUT2D eigenvalue weighted by atomic mass is 16.5. The first-order valence-electron chi connectivity index (χ1n) is 8.12. The second-order valence-corrected chi connectivity index (χ2v) is 6.03. The van der Waals surface area contributed by atoms with Gasteiger partial charge in [0.1, 0.15) is 18.2 Å². The lowest BCUT2D eigenvalue weighted by molar-refractivity contribution is -0.156. The third-order valence-corrected chi connectivity index (χ3v) is 4.11. The number of Topliss-reactive ketones (excluding diaryl/α,β-unsaturated/α-hetero) is 1. The van der Waals surface area contributed by atoms with E-state index in [0.717, 1.165) is 25.9 Å². The third-order valence-electron chi connectivity index (χ3n) is 4.11. The number of likely N-dealkylation sites (tertiary alicyclic amines) is 1. The lowest BCUT2D eigenvalue weighted by Crippen LogP contribution is -2.47. The van der Waals surface area contributed by atoms with E-state index in [9.17, 15) is 14.4 Å². The van der Waals surface area contributed by atoms with Gasteiger partial charge in [0, 0.05) is 26.6 Å². The molecule has 1 aliphatic rings. The van der Waals surface area contributed by atoms with Crippen LogP contribution in [0.4, 0.5) is 0 Å². The van der Waals surface area contributed by atoms with Crippen molar-refractivity contribution in [1.82, 2.24) is 10.2 Å². The Morgan fingerprint density at radius 2 is 1.96 bits per heavy atom. The highest BCUT2D eigenvalue weighted by Crippen LogP contribution is 2.14. The summed E-state index contributed by atoms with van der Waals surface area (Å²) in [5, 5.41) is 9.49. The van der Waals surface area contributed by atoms with Crippen molar-refractivity contribution >= 4 is 23.9 Å². The van der Waals surface area contributed by atoms with Crippen molar-refractivity contribution in [2.75, 3.05) is 27.2 Å². The smallest absolute Gasteiger partial charge is 0.328 e. The predicted octanol–water partition coefficient (Wildman–Crippen LogP) is 0.142. The summed E-state index contributed by atoms with van der Waals surface area (Å²) in [6, 6.07) is -0.918. The van der Waals surface area contributed by atoms with Crippen molar-refractivity contribution in [3.8, 4) is 0 Å². The molecule has 1 saturated heterocycles. The van der Waals surface area contributed by atoms with Gasteiger partial charge in [0.25, 0.3) is 0 Å². The van der Waals surface area contributed by atoms with Crippen LogP contribution in [-0.4, -0.2) is 74.3 Å². The number of piperidine rings is 1. The third kappa shape index (κ3) is 6.76. The molecule has 0 bridgehead atoms. The number of nitrogens with one attached hydrogen (secondary N) is 2. The quantitative estimate of drug-likeness (QED) is 0.456. The van der Waals surface area contributed by atoms with Crippen LogP contribution in [-0.2, 0) is 23.9 Å². The molecule has 0 saturated carbocycles. The Labute approximate surface area is 142 Å². The van der Waals surface area contributed by atoms with E-state index < -0.39 is 29.8 Å². The van der Waals surface area contributed by atoms with Gasteiger partial charge in [0.2, 0.25) is 5.91 Å². The summed E-state index contributed by atoms with van der Waals surface area (Å²) in [7, 11) is 3.41. The molecular formula is C16H27N3O5. The SMILES string of the molecule is CO[C@H](C)C(=O)N[C@@H](CCC(=O)C=N)C(=O)OC1CCN(C)CC1. The van der Waals surface area contributed by atoms with Crippen LogP contribution >= 0.6 is 0 Å². The maximum absolute atomic E-state index is 12.4. The minimum Gasteiger partial charge on any atom is -0.461 e. The fourth-order valence-corrected chi connectivity index (χ4v) is 2.35. The molecule has 0 radical (unpaired) electrons. The van der Waals surface area contributed by atoms with Gasteiger partial charge in [-0.15, -0.1) is 0 Å². The topological polar surface area (TPSA) is 109 Å². The van der Waals surface area contributed by atoms with E-state index >= 15 is 0 Å². The van der Waals surface area contributed by atoms with E-state index in [2.05, 4.69) is 10.2 Å². The van der Waals surface area contributed by atoms with Crippen molar-refractivity contribution in [3.05, 3.63) is 0 Å². The van der Waals surface area contributed by atoms with Crippen molar-refractivity contribution in [2.24, 2.45) is 0 Å². The monoisotopic (exact) mass is 341 g/mol. The number of carbonyl (C=O) groups is 3. The summed E-state index contributed by atoms with van der Waals surface area (Å²) < 4.78 is 10.4. The van der Waals surface area contributed by atoms with E-state index in [4.69, 9.17) is 14.9 Å². The molecule has 1 amide bonds. The van der Waals surface area contributed by atoms with E-state index in [1.165, 1.54) is 7.11 Å². The number of ether oxygens (including phenoxy) is 2. The van der Waals surface area contributed by atoms with Crippen LogP contribution < -0.4 is 5.32 Å². The molecule has 0 aromatic heterocycles. The summed E-state index contributed by atoms with van der Waals surface area (Å²) in [6.45, 7) is 3.27. The fourth-order valence-electron chi connectivity index (χ4n) is 2.35. The van der Waals surface area contributed by atoms with Crippen LogP contribution in [0.25, 0.3) is 0 Å². The highest BCUT2D eigenvalue weighted by molar-refractivity contribution is 6.26. The molecule has 136 valence electrons. The minimum atomic E-state index is -0.918. The van der Waals surface area contributed by atoms with Gasteiger partial charge in [0.05, 0.1) is 6.21 Å². The molecule has 2 N–H and O–H groups in total. The molecule has 0 spiro atoms. The van der Waals surface area contributed by atoms with Crippen LogP contribution in [0, 0.1) is 5.41 Å². The number of amides is 1. The summed E-state index contributed by atoms with van der Waals surface area (Å²) in [5.41, 5.74) is 0. The molecule has 0 unspecified atom stereocenters. The van der Waals surface area contributed by atoms with E-state index in [0.29, 0.717) is 6.21 Å². The van der Waals surface area contributed by atoms with E-state index in [-0.39, 0.29) is 18.9 Å². The lowest BCUT2D eigenvalue weighted by Gasteiger charge is -2.30. The zero-order valence-corrected chi connectivity index (χ0v) is 14.5. The van der Waals surface area contributed by atoms with Crippen molar-refractivity contribution in [3.63, 3.8) is 0 Å². The summed E-state index contributed by atoms with van der Waals surface area (Å²) in [5.74, 6) is -1.38. The first kappa shape index (κ1) is 20.2.